The van der Waals surface area contributed by atoms with Gasteiger partial charge in [-0.25, -0.2) is 0 Å². The summed E-state index contributed by atoms with van der Waals surface area (Å²) in [6.07, 6.45) is 1.64. The summed E-state index contributed by atoms with van der Waals surface area (Å²) in [5, 5.41) is 3.73. The Labute approximate surface area is 139 Å². The molecule has 1 aromatic heterocycles. The molecule has 0 atom stereocenters. The highest BCUT2D eigenvalue weighted by Crippen LogP contribution is 2.33. The second-order valence-corrected chi connectivity index (χ2v) is 5.12. The van der Waals surface area contributed by atoms with Crippen molar-refractivity contribution in [3.05, 3.63) is 54.2 Å². The van der Waals surface area contributed by atoms with Crippen LogP contribution in [-0.2, 0) is 0 Å². The summed E-state index contributed by atoms with van der Waals surface area (Å²) in [6, 6.07) is 12.6. The summed E-state index contributed by atoms with van der Waals surface area (Å²) in [4.78, 5) is 15.9. The average Bonchev–Trinajstić information content (AvgIpc) is 2.61. The van der Waals surface area contributed by atoms with Gasteiger partial charge < -0.3 is 20.5 Å². The van der Waals surface area contributed by atoms with Crippen LogP contribution in [0.25, 0.3) is 10.9 Å². The molecule has 0 aliphatic heterocycles. The van der Waals surface area contributed by atoms with E-state index in [0.717, 1.165) is 5.69 Å². The van der Waals surface area contributed by atoms with Gasteiger partial charge in [0.1, 0.15) is 17.2 Å². The number of nitrogens with zero attached hydrogens (tertiary/aromatic N) is 1. The molecule has 0 spiro atoms. The number of methoxy groups -OCH3 is 1. The highest BCUT2D eigenvalue weighted by molar-refractivity contribution is 6.01. The molecule has 1 amide bonds. The largest absolute Gasteiger partial charge is 0.496 e. The van der Waals surface area contributed by atoms with Gasteiger partial charge in [0.15, 0.2) is 0 Å². The van der Waals surface area contributed by atoms with Crippen LogP contribution in [0.5, 0.6) is 17.2 Å². The lowest BCUT2D eigenvalue weighted by atomic mass is 10.1. The number of ether oxygens (including phenoxy) is 2. The molecule has 3 aromatic rings. The van der Waals surface area contributed by atoms with Crippen molar-refractivity contribution in [1.82, 2.24) is 4.98 Å². The zero-order chi connectivity index (χ0) is 17.1. The third kappa shape index (κ3) is 2.94. The van der Waals surface area contributed by atoms with Gasteiger partial charge in [0.25, 0.3) is 5.91 Å². The molecular formula is C18H17N3O3. The quantitative estimate of drug-likeness (QED) is 0.753. The summed E-state index contributed by atoms with van der Waals surface area (Å²) in [7, 11) is 3.34. The molecule has 0 saturated carbocycles. The van der Waals surface area contributed by atoms with Crippen molar-refractivity contribution in [2.45, 2.75) is 0 Å². The number of pyridine rings is 1. The zero-order valence-electron chi connectivity index (χ0n) is 13.4. The van der Waals surface area contributed by atoms with Crippen LogP contribution < -0.4 is 20.5 Å². The summed E-state index contributed by atoms with van der Waals surface area (Å²) in [6.45, 7) is 0. The summed E-state index contributed by atoms with van der Waals surface area (Å²) in [5.74, 6) is 1.08. The maximum absolute atomic E-state index is 11.6. The van der Waals surface area contributed by atoms with Crippen LogP contribution in [0.3, 0.4) is 0 Å². The summed E-state index contributed by atoms with van der Waals surface area (Å²) in [5.41, 5.74) is 7.36. The number of carbonyl (C=O) groups is 1. The van der Waals surface area contributed by atoms with Gasteiger partial charge in [-0.2, -0.15) is 0 Å². The first-order chi connectivity index (χ1) is 11.6. The lowest BCUT2D eigenvalue weighted by Gasteiger charge is -2.12. The SMILES string of the molecule is CNc1ccc(Oc2ccnc3cc(OC)c(C(N)=O)cc23)cc1. The molecule has 6 heteroatoms. The molecule has 0 aliphatic rings. The first-order valence-corrected chi connectivity index (χ1v) is 7.34. The Hall–Kier alpha value is -3.28. The van der Waals surface area contributed by atoms with Crippen LogP contribution in [0.2, 0.25) is 0 Å². The standard InChI is InChI=1S/C18H17N3O3/c1-20-11-3-5-12(6-4-11)24-16-7-8-21-15-10-17(23-2)14(18(19)22)9-13(15)16/h3-10,20H,1-2H3,(H2,19,22). The molecule has 122 valence electrons. The van der Waals surface area contributed by atoms with Crippen molar-refractivity contribution >= 4 is 22.5 Å². The minimum Gasteiger partial charge on any atom is -0.496 e. The van der Waals surface area contributed by atoms with E-state index in [1.165, 1.54) is 7.11 Å². The minimum absolute atomic E-state index is 0.286. The highest BCUT2D eigenvalue weighted by Gasteiger charge is 2.14. The summed E-state index contributed by atoms with van der Waals surface area (Å²) >= 11 is 0. The average molecular weight is 323 g/mol. The molecule has 0 bridgehead atoms. The maximum Gasteiger partial charge on any atom is 0.252 e. The van der Waals surface area contributed by atoms with Crippen LogP contribution in [0.1, 0.15) is 10.4 Å². The fourth-order valence-corrected chi connectivity index (χ4v) is 2.42. The van der Waals surface area contributed by atoms with Crippen LogP contribution in [-0.4, -0.2) is 25.0 Å². The van der Waals surface area contributed by atoms with Crippen molar-refractivity contribution in [3.63, 3.8) is 0 Å². The first-order valence-electron chi connectivity index (χ1n) is 7.34. The second kappa shape index (κ2) is 6.45. The molecule has 3 N–H and O–H groups in total. The lowest BCUT2D eigenvalue weighted by molar-refractivity contribution is 0.0997. The van der Waals surface area contributed by atoms with Gasteiger partial charge in [-0.15, -0.1) is 0 Å². The predicted octanol–water partition coefficient (Wildman–Crippen LogP) is 3.18. The molecule has 0 radical (unpaired) electrons. The number of benzene rings is 2. The molecule has 0 fully saturated rings. The normalized spacial score (nSPS) is 10.4. The van der Waals surface area contributed by atoms with Crippen molar-refractivity contribution in [1.29, 1.82) is 0 Å². The topological polar surface area (TPSA) is 86.5 Å². The Balaban J connectivity index is 2.06. The van der Waals surface area contributed by atoms with Gasteiger partial charge in [-0.05, 0) is 36.4 Å². The van der Waals surface area contributed by atoms with Gasteiger partial charge in [-0.1, -0.05) is 0 Å². The molecule has 2 aromatic carbocycles. The number of fused-ring (bicyclic) bond motifs is 1. The molecule has 0 saturated heterocycles. The molecule has 0 aliphatic carbocycles. The van der Waals surface area contributed by atoms with Gasteiger partial charge >= 0.3 is 0 Å². The molecule has 0 unspecified atom stereocenters. The smallest absolute Gasteiger partial charge is 0.252 e. The van der Waals surface area contributed by atoms with E-state index in [2.05, 4.69) is 10.3 Å². The fraction of sp³-hybridized carbons (Fsp3) is 0.111. The number of carbonyl (C=O) groups excluding carboxylic acids is 1. The molecule has 24 heavy (non-hydrogen) atoms. The van der Waals surface area contributed by atoms with Gasteiger partial charge in [0, 0.05) is 30.4 Å². The lowest BCUT2D eigenvalue weighted by Crippen LogP contribution is -2.12. The van der Waals surface area contributed by atoms with Crippen LogP contribution in [0.4, 0.5) is 5.69 Å². The number of aromatic nitrogens is 1. The fourth-order valence-electron chi connectivity index (χ4n) is 2.42. The monoisotopic (exact) mass is 323 g/mol. The van der Waals surface area contributed by atoms with Gasteiger partial charge in [0.2, 0.25) is 0 Å². The van der Waals surface area contributed by atoms with E-state index in [4.69, 9.17) is 15.2 Å². The number of amides is 1. The number of hydrogen-bond acceptors (Lipinski definition) is 5. The van der Waals surface area contributed by atoms with Crippen molar-refractivity contribution < 1.29 is 14.3 Å². The summed E-state index contributed by atoms with van der Waals surface area (Å²) < 4.78 is 11.1. The Bertz CT molecular complexity index is 892. The molecule has 6 nitrogen and oxygen atoms in total. The molecule has 3 rings (SSSR count). The van der Waals surface area contributed by atoms with E-state index >= 15 is 0 Å². The number of nitrogens with two attached hydrogens (primary N) is 1. The molecule has 1 heterocycles. The van der Waals surface area contributed by atoms with Gasteiger partial charge in [0.05, 0.1) is 18.2 Å². The number of rotatable bonds is 5. The Morgan fingerprint density at radius 2 is 1.88 bits per heavy atom. The van der Waals surface area contributed by atoms with Crippen LogP contribution in [0, 0.1) is 0 Å². The number of anilines is 1. The maximum atomic E-state index is 11.6. The van der Waals surface area contributed by atoms with Gasteiger partial charge in [-0.3, -0.25) is 9.78 Å². The van der Waals surface area contributed by atoms with E-state index in [9.17, 15) is 4.79 Å². The molecular weight excluding hydrogens is 306 g/mol. The Morgan fingerprint density at radius 3 is 2.50 bits per heavy atom. The Kier molecular flexibility index (Phi) is 4.20. The number of primary amides is 1. The minimum atomic E-state index is -0.568. The van der Waals surface area contributed by atoms with E-state index < -0.39 is 5.91 Å². The Morgan fingerprint density at radius 1 is 1.12 bits per heavy atom. The predicted molar refractivity (Wildman–Crippen MR) is 92.9 cm³/mol. The highest BCUT2D eigenvalue weighted by atomic mass is 16.5. The van der Waals surface area contributed by atoms with Crippen molar-refractivity contribution in [2.75, 3.05) is 19.5 Å². The zero-order valence-corrected chi connectivity index (χ0v) is 13.4. The van der Waals surface area contributed by atoms with E-state index in [1.807, 2.05) is 31.3 Å². The van der Waals surface area contributed by atoms with E-state index in [0.29, 0.717) is 28.2 Å². The number of nitrogens with one attached hydrogen (secondary N) is 1. The van der Waals surface area contributed by atoms with E-state index in [1.54, 1.807) is 24.4 Å². The van der Waals surface area contributed by atoms with Crippen LogP contribution >= 0.6 is 0 Å². The third-order valence-corrected chi connectivity index (χ3v) is 3.66. The van der Waals surface area contributed by atoms with Crippen LogP contribution in [0.15, 0.2) is 48.7 Å². The van der Waals surface area contributed by atoms with E-state index in [-0.39, 0.29) is 5.56 Å². The van der Waals surface area contributed by atoms with Crippen molar-refractivity contribution in [2.24, 2.45) is 5.73 Å². The number of hydrogen-bond donors (Lipinski definition) is 2. The first kappa shape index (κ1) is 15.6. The second-order valence-electron chi connectivity index (χ2n) is 5.12. The third-order valence-electron chi connectivity index (χ3n) is 3.66. The van der Waals surface area contributed by atoms with Crippen molar-refractivity contribution in [3.8, 4) is 17.2 Å².